The summed E-state index contributed by atoms with van der Waals surface area (Å²) in [4.78, 5) is 11.7. The summed E-state index contributed by atoms with van der Waals surface area (Å²) < 4.78 is 11.2. The number of rotatable bonds is 7. The lowest BCUT2D eigenvalue weighted by Gasteiger charge is -2.32. The lowest BCUT2D eigenvalue weighted by Crippen LogP contribution is -2.56. The Kier molecular flexibility index (Phi) is 5.19. The van der Waals surface area contributed by atoms with Crippen molar-refractivity contribution in [1.29, 1.82) is 0 Å². The number of carbonyl (C=O) groups excluding carboxylic acids is 1. The molecule has 1 saturated heterocycles. The van der Waals surface area contributed by atoms with Crippen LogP contribution in [0, 0.1) is 5.92 Å². The van der Waals surface area contributed by atoms with Crippen LogP contribution in [-0.4, -0.2) is 44.4 Å². The van der Waals surface area contributed by atoms with Crippen molar-refractivity contribution in [2.75, 3.05) is 26.9 Å². The second-order valence-electron chi connectivity index (χ2n) is 5.67. The summed E-state index contributed by atoms with van der Waals surface area (Å²) in [5, 5.41) is 3.15. The summed E-state index contributed by atoms with van der Waals surface area (Å²) in [6.07, 6.45) is 6.35. The molecule has 0 aromatic rings. The van der Waals surface area contributed by atoms with E-state index in [0.29, 0.717) is 19.1 Å². The molecule has 2 fully saturated rings. The Hall–Kier alpha value is -0.650. The van der Waals surface area contributed by atoms with E-state index in [9.17, 15) is 4.79 Å². The van der Waals surface area contributed by atoms with Gasteiger partial charge in [0.05, 0.1) is 12.7 Å². The first kappa shape index (κ1) is 14.8. The van der Waals surface area contributed by atoms with Crippen molar-refractivity contribution in [3.05, 3.63) is 0 Å². The maximum atomic E-state index is 11.7. The van der Waals surface area contributed by atoms with Crippen molar-refractivity contribution in [3.63, 3.8) is 0 Å². The normalized spacial score (nSPS) is 34.8. The molecule has 5 nitrogen and oxygen atoms in total. The molecule has 2 aliphatic rings. The average molecular weight is 270 g/mol. The van der Waals surface area contributed by atoms with Gasteiger partial charge < -0.3 is 20.5 Å². The monoisotopic (exact) mass is 270 g/mol. The SMILES string of the molecule is CNC1(C(N)=O)CCCC1CCOCC1CCCO1. The number of amides is 1. The zero-order chi connectivity index (χ0) is 13.7. The van der Waals surface area contributed by atoms with Crippen molar-refractivity contribution < 1.29 is 14.3 Å². The maximum absolute atomic E-state index is 11.7. The lowest BCUT2D eigenvalue weighted by atomic mass is 9.84. The van der Waals surface area contributed by atoms with Gasteiger partial charge in [0.2, 0.25) is 5.91 Å². The van der Waals surface area contributed by atoms with E-state index in [0.717, 1.165) is 45.1 Å². The number of hydrogen-bond donors (Lipinski definition) is 2. The van der Waals surface area contributed by atoms with E-state index in [2.05, 4.69) is 5.32 Å². The highest BCUT2D eigenvalue weighted by Gasteiger charge is 2.46. The number of ether oxygens (including phenoxy) is 2. The number of nitrogens with one attached hydrogen (secondary N) is 1. The van der Waals surface area contributed by atoms with E-state index >= 15 is 0 Å². The van der Waals surface area contributed by atoms with Crippen LogP contribution in [0.2, 0.25) is 0 Å². The first-order valence-corrected chi connectivity index (χ1v) is 7.37. The maximum Gasteiger partial charge on any atom is 0.238 e. The fourth-order valence-electron chi connectivity index (χ4n) is 3.46. The molecule has 0 aromatic carbocycles. The molecule has 1 heterocycles. The number of primary amides is 1. The molecular formula is C14H26N2O3. The highest BCUT2D eigenvalue weighted by atomic mass is 16.5. The number of carbonyl (C=O) groups is 1. The largest absolute Gasteiger partial charge is 0.379 e. The van der Waals surface area contributed by atoms with Crippen LogP contribution in [0.5, 0.6) is 0 Å². The van der Waals surface area contributed by atoms with Crippen LogP contribution in [-0.2, 0) is 14.3 Å². The molecular weight excluding hydrogens is 244 g/mol. The van der Waals surface area contributed by atoms with Crippen molar-refractivity contribution in [2.45, 2.75) is 50.2 Å². The third-order valence-corrected chi connectivity index (χ3v) is 4.64. The third-order valence-electron chi connectivity index (χ3n) is 4.64. The van der Waals surface area contributed by atoms with Crippen LogP contribution in [0.3, 0.4) is 0 Å². The van der Waals surface area contributed by atoms with Gasteiger partial charge in [0, 0.05) is 13.2 Å². The third kappa shape index (κ3) is 3.27. The molecule has 3 N–H and O–H groups in total. The molecule has 3 atom stereocenters. The number of likely N-dealkylation sites (N-methyl/N-ethyl adjacent to an activating group) is 1. The smallest absolute Gasteiger partial charge is 0.238 e. The topological polar surface area (TPSA) is 73.6 Å². The molecule has 110 valence electrons. The Morgan fingerprint density at radius 2 is 2.32 bits per heavy atom. The average Bonchev–Trinajstić information content (AvgIpc) is 3.04. The quantitative estimate of drug-likeness (QED) is 0.672. The molecule has 1 saturated carbocycles. The molecule has 0 spiro atoms. The van der Waals surface area contributed by atoms with Gasteiger partial charge in [-0.3, -0.25) is 4.79 Å². The second kappa shape index (κ2) is 6.68. The van der Waals surface area contributed by atoms with Gasteiger partial charge in [0.15, 0.2) is 0 Å². The Balaban J connectivity index is 1.73. The van der Waals surface area contributed by atoms with Crippen LogP contribution in [0.25, 0.3) is 0 Å². The Labute approximate surface area is 115 Å². The first-order chi connectivity index (χ1) is 9.19. The summed E-state index contributed by atoms with van der Waals surface area (Å²) in [7, 11) is 1.83. The van der Waals surface area contributed by atoms with Gasteiger partial charge in [0.25, 0.3) is 0 Å². The van der Waals surface area contributed by atoms with Crippen LogP contribution >= 0.6 is 0 Å². The van der Waals surface area contributed by atoms with Gasteiger partial charge in [-0.25, -0.2) is 0 Å². The Bertz CT molecular complexity index is 305. The van der Waals surface area contributed by atoms with Crippen molar-refractivity contribution >= 4 is 5.91 Å². The second-order valence-corrected chi connectivity index (χ2v) is 5.67. The van der Waals surface area contributed by atoms with Gasteiger partial charge >= 0.3 is 0 Å². The minimum Gasteiger partial charge on any atom is -0.379 e. The summed E-state index contributed by atoms with van der Waals surface area (Å²) in [5.41, 5.74) is 5.05. The summed E-state index contributed by atoms with van der Waals surface area (Å²) >= 11 is 0. The minimum atomic E-state index is -0.521. The minimum absolute atomic E-state index is 0.225. The van der Waals surface area contributed by atoms with Gasteiger partial charge in [0.1, 0.15) is 5.54 Å². The predicted molar refractivity (Wildman–Crippen MR) is 72.7 cm³/mol. The number of nitrogens with two attached hydrogens (primary N) is 1. The molecule has 2 rings (SSSR count). The van der Waals surface area contributed by atoms with Crippen molar-refractivity contribution in [3.8, 4) is 0 Å². The van der Waals surface area contributed by atoms with Gasteiger partial charge in [-0.15, -0.1) is 0 Å². The van der Waals surface area contributed by atoms with Gasteiger partial charge in [-0.1, -0.05) is 6.42 Å². The Morgan fingerprint density at radius 1 is 1.47 bits per heavy atom. The molecule has 19 heavy (non-hydrogen) atoms. The zero-order valence-corrected chi connectivity index (χ0v) is 11.8. The van der Waals surface area contributed by atoms with Crippen molar-refractivity contribution in [2.24, 2.45) is 11.7 Å². The van der Waals surface area contributed by atoms with E-state index in [1.54, 1.807) is 0 Å². The molecule has 5 heteroatoms. The standard InChI is InChI=1S/C14H26N2O3/c1-16-14(13(15)17)7-2-4-11(14)6-9-18-10-12-5-3-8-19-12/h11-12,16H,2-10H2,1H3,(H2,15,17). The molecule has 1 aliphatic carbocycles. The van der Waals surface area contributed by atoms with Crippen LogP contribution < -0.4 is 11.1 Å². The van der Waals surface area contributed by atoms with E-state index in [-0.39, 0.29) is 12.0 Å². The molecule has 0 bridgehead atoms. The molecule has 0 radical (unpaired) electrons. The fourth-order valence-corrected chi connectivity index (χ4v) is 3.46. The van der Waals surface area contributed by atoms with Crippen molar-refractivity contribution in [1.82, 2.24) is 5.32 Å². The first-order valence-electron chi connectivity index (χ1n) is 7.37. The molecule has 1 aliphatic heterocycles. The summed E-state index contributed by atoms with van der Waals surface area (Å²) in [5.74, 6) is 0.0659. The van der Waals surface area contributed by atoms with Crippen LogP contribution in [0.15, 0.2) is 0 Å². The molecule has 3 unspecified atom stereocenters. The lowest BCUT2D eigenvalue weighted by molar-refractivity contribution is -0.126. The summed E-state index contributed by atoms with van der Waals surface area (Å²) in [6.45, 7) is 2.22. The van der Waals surface area contributed by atoms with Gasteiger partial charge in [-0.05, 0) is 45.1 Å². The van der Waals surface area contributed by atoms with E-state index in [4.69, 9.17) is 15.2 Å². The van der Waals surface area contributed by atoms with E-state index in [1.165, 1.54) is 0 Å². The summed E-state index contributed by atoms with van der Waals surface area (Å²) in [6, 6.07) is 0. The highest BCUT2D eigenvalue weighted by Crippen LogP contribution is 2.37. The van der Waals surface area contributed by atoms with E-state index in [1.807, 2.05) is 7.05 Å². The highest BCUT2D eigenvalue weighted by molar-refractivity contribution is 5.85. The molecule has 0 aromatic heterocycles. The zero-order valence-electron chi connectivity index (χ0n) is 11.8. The molecule has 1 amide bonds. The fraction of sp³-hybridized carbons (Fsp3) is 0.929. The Morgan fingerprint density at radius 3 is 2.95 bits per heavy atom. The van der Waals surface area contributed by atoms with Crippen LogP contribution in [0.4, 0.5) is 0 Å². The van der Waals surface area contributed by atoms with E-state index < -0.39 is 5.54 Å². The van der Waals surface area contributed by atoms with Gasteiger partial charge in [-0.2, -0.15) is 0 Å². The number of hydrogen-bond acceptors (Lipinski definition) is 4. The van der Waals surface area contributed by atoms with Crippen LogP contribution in [0.1, 0.15) is 38.5 Å². The predicted octanol–water partition coefficient (Wildman–Crippen LogP) is 0.816.